The Kier molecular flexibility index (Phi) is 1.56. The molecule has 0 saturated heterocycles. The van der Waals surface area contributed by atoms with Crippen LogP contribution in [0.2, 0.25) is 0 Å². The highest BCUT2D eigenvalue weighted by Gasteiger charge is 2.30. The topological polar surface area (TPSA) is 49.7 Å². The molecule has 2 aliphatic rings. The summed E-state index contributed by atoms with van der Waals surface area (Å²) >= 11 is 0. The first kappa shape index (κ1) is 7.03. The van der Waals surface area contributed by atoms with Crippen LogP contribution in [0, 0.1) is 0 Å². The van der Waals surface area contributed by atoms with Gasteiger partial charge in [0.15, 0.2) is 0 Å². The first-order chi connectivity index (χ1) is 5.27. The van der Waals surface area contributed by atoms with Gasteiger partial charge in [0.05, 0.1) is 0 Å². The maximum Gasteiger partial charge on any atom is 0.106 e. The van der Waals surface area contributed by atoms with E-state index in [4.69, 9.17) is 14.9 Å². The van der Waals surface area contributed by atoms with Crippen molar-refractivity contribution in [2.75, 3.05) is 0 Å². The molecule has 3 nitrogen and oxygen atoms in total. The third kappa shape index (κ3) is 1.11. The summed E-state index contributed by atoms with van der Waals surface area (Å²) in [5.41, 5.74) is 0. The highest BCUT2D eigenvalue weighted by atomic mass is 16.5. The molecule has 4 unspecified atom stereocenters. The Balaban J connectivity index is 1.83. The number of ether oxygens (including phenoxy) is 1. The number of aliphatic hydroxyl groups excluding tert-OH is 2. The summed E-state index contributed by atoms with van der Waals surface area (Å²) in [4.78, 5) is 0. The molecule has 0 amide bonds. The van der Waals surface area contributed by atoms with Crippen LogP contribution < -0.4 is 0 Å². The summed E-state index contributed by atoms with van der Waals surface area (Å²) in [5.74, 6) is 0. The first-order valence-electron chi connectivity index (χ1n) is 3.65. The van der Waals surface area contributed by atoms with Gasteiger partial charge in [-0.2, -0.15) is 0 Å². The van der Waals surface area contributed by atoms with Gasteiger partial charge in [-0.1, -0.05) is 24.3 Å². The van der Waals surface area contributed by atoms with Gasteiger partial charge in [0.25, 0.3) is 0 Å². The van der Waals surface area contributed by atoms with E-state index in [2.05, 4.69) is 0 Å². The van der Waals surface area contributed by atoms with E-state index in [1.165, 1.54) is 0 Å². The molecule has 60 valence electrons. The average Bonchev–Trinajstić information content (AvgIpc) is 1.99. The number of hydrogen-bond acceptors (Lipinski definition) is 3. The smallest absolute Gasteiger partial charge is 0.106 e. The molecule has 0 aliphatic heterocycles. The molecule has 0 radical (unpaired) electrons. The molecule has 0 heterocycles. The maximum absolute atomic E-state index is 9.04. The molecular formula is C8H10O3. The predicted molar refractivity (Wildman–Crippen MR) is 39.0 cm³/mol. The van der Waals surface area contributed by atoms with Crippen molar-refractivity contribution in [1.29, 1.82) is 0 Å². The molecule has 4 atom stereocenters. The van der Waals surface area contributed by atoms with Gasteiger partial charge in [0.2, 0.25) is 0 Å². The molecule has 0 bridgehead atoms. The SMILES string of the molecule is OC1C=CC1OC1C=CC1O. The molecule has 3 heteroatoms. The highest BCUT2D eigenvalue weighted by Crippen LogP contribution is 2.21. The standard InChI is InChI=1S/C8H10O3/c9-5-1-3-7(5)11-8-4-2-6(8)10/h1-10H. The van der Waals surface area contributed by atoms with E-state index in [9.17, 15) is 0 Å². The minimum Gasteiger partial charge on any atom is -0.386 e. The maximum atomic E-state index is 9.04. The van der Waals surface area contributed by atoms with Crippen molar-refractivity contribution in [1.82, 2.24) is 0 Å². The number of hydrogen-bond donors (Lipinski definition) is 2. The summed E-state index contributed by atoms with van der Waals surface area (Å²) in [6.07, 6.45) is 5.47. The van der Waals surface area contributed by atoms with E-state index in [-0.39, 0.29) is 12.2 Å². The molecule has 2 aliphatic carbocycles. The lowest BCUT2D eigenvalue weighted by molar-refractivity contribution is -0.0752. The Labute approximate surface area is 64.6 Å². The van der Waals surface area contributed by atoms with E-state index in [1.807, 2.05) is 0 Å². The quantitative estimate of drug-likeness (QED) is 0.532. The minimum absolute atomic E-state index is 0.223. The lowest BCUT2D eigenvalue weighted by atomic mass is 10.00. The van der Waals surface area contributed by atoms with Gasteiger partial charge >= 0.3 is 0 Å². The lowest BCUT2D eigenvalue weighted by Crippen LogP contribution is -2.42. The predicted octanol–water partition coefficient (Wildman–Crippen LogP) is -0.398. The Morgan fingerprint density at radius 2 is 1.27 bits per heavy atom. The van der Waals surface area contributed by atoms with E-state index in [0.717, 1.165) is 0 Å². The molecule has 0 spiro atoms. The summed E-state index contributed by atoms with van der Waals surface area (Å²) in [6.45, 7) is 0. The van der Waals surface area contributed by atoms with Crippen LogP contribution in [-0.4, -0.2) is 34.6 Å². The second-order valence-electron chi connectivity index (χ2n) is 2.82. The molecular weight excluding hydrogens is 144 g/mol. The van der Waals surface area contributed by atoms with Gasteiger partial charge in [0, 0.05) is 0 Å². The van der Waals surface area contributed by atoms with Crippen LogP contribution in [0.5, 0.6) is 0 Å². The van der Waals surface area contributed by atoms with Crippen LogP contribution in [0.15, 0.2) is 24.3 Å². The normalized spacial score (nSPS) is 46.7. The second-order valence-corrected chi connectivity index (χ2v) is 2.82. The largest absolute Gasteiger partial charge is 0.386 e. The third-order valence-electron chi connectivity index (χ3n) is 1.98. The van der Waals surface area contributed by atoms with Gasteiger partial charge < -0.3 is 14.9 Å². The fourth-order valence-corrected chi connectivity index (χ4v) is 1.04. The summed E-state index contributed by atoms with van der Waals surface area (Å²) < 4.78 is 5.27. The first-order valence-corrected chi connectivity index (χ1v) is 3.65. The zero-order valence-corrected chi connectivity index (χ0v) is 5.92. The molecule has 0 saturated carbocycles. The highest BCUT2D eigenvalue weighted by molar-refractivity contribution is 5.17. The van der Waals surface area contributed by atoms with Gasteiger partial charge in [0.1, 0.15) is 24.4 Å². The molecule has 2 N–H and O–H groups in total. The van der Waals surface area contributed by atoms with Crippen LogP contribution in [0.3, 0.4) is 0 Å². The van der Waals surface area contributed by atoms with Crippen LogP contribution >= 0.6 is 0 Å². The Hall–Kier alpha value is -0.640. The van der Waals surface area contributed by atoms with Crippen molar-refractivity contribution in [3.8, 4) is 0 Å². The molecule has 0 fully saturated rings. The van der Waals surface area contributed by atoms with Crippen molar-refractivity contribution in [3.63, 3.8) is 0 Å². The van der Waals surface area contributed by atoms with Crippen molar-refractivity contribution in [2.45, 2.75) is 24.4 Å². The zero-order chi connectivity index (χ0) is 7.84. The van der Waals surface area contributed by atoms with Crippen LogP contribution in [0.25, 0.3) is 0 Å². The Morgan fingerprint density at radius 3 is 1.45 bits per heavy atom. The summed E-state index contributed by atoms with van der Waals surface area (Å²) in [6, 6.07) is 0. The van der Waals surface area contributed by atoms with Crippen molar-refractivity contribution >= 4 is 0 Å². The molecule has 0 aromatic rings. The zero-order valence-electron chi connectivity index (χ0n) is 5.92. The van der Waals surface area contributed by atoms with Crippen LogP contribution in [0.4, 0.5) is 0 Å². The van der Waals surface area contributed by atoms with E-state index < -0.39 is 12.2 Å². The summed E-state index contributed by atoms with van der Waals surface area (Å²) in [5, 5.41) is 18.1. The van der Waals surface area contributed by atoms with E-state index >= 15 is 0 Å². The monoisotopic (exact) mass is 154 g/mol. The molecule has 0 aromatic heterocycles. The van der Waals surface area contributed by atoms with Gasteiger partial charge in [-0.3, -0.25) is 0 Å². The average molecular weight is 154 g/mol. The molecule has 11 heavy (non-hydrogen) atoms. The van der Waals surface area contributed by atoms with Gasteiger partial charge in [-0.15, -0.1) is 0 Å². The fourth-order valence-electron chi connectivity index (χ4n) is 1.04. The summed E-state index contributed by atoms with van der Waals surface area (Å²) in [7, 11) is 0. The van der Waals surface area contributed by atoms with Crippen LogP contribution in [0.1, 0.15) is 0 Å². The second kappa shape index (κ2) is 2.44. The van der Waals surface area contributed by atoms with E-state index in [1.54, 1.807) is 24.3 Å². The number of aliphatic hydroxyl groups is 2. The van der Waals surface area contributed by atoms with Crippen molar-refractivity contribution < 1.29 is 14.9 Å². The van der Waals surface area contributed by atoms with Crippen LogP contribution in [-0.2, 0) is 4.74 Å². The number of rotatable bonds is 2. The molecule has 2 rings (SSSR count). The van der Waals surface area contributed by atoms with E-state index in [0.29, 0.717) is 0 Å². The van der Waals surface area contributed by atoms with Gasteiger partial charge in [-0.25, -0.2) is 0 Å². The Morgan fingerprint density at radius 1 is 0.818 bits per heavy atom. The fraction of sp³-hybridized carbons (Fsp3) is 0.500. The third-order valence-corrected chi connectivity index (χ3v) is 1.98. The molecule has 0 aromatic carbocycles. The van der Waals surface area contributed by atoms with Crippen molar-refractivity contribution in [2.24, 2.45) is 0 Å². The van der Waals surface area contributed by atoms with Gasteiger partial charge in [-0.05, 0) is 0 Å². The minimum atomic E-state index is -0.490. The lowest BCUT2D eigenvalue weighted by Gasteiger charge is -2.33. The van der Waals surface area contributed by atoms with Crippen molar-refractivity contribution in [3.05, 3.63) is 24.3 Å². The Bertz CT molecular complexity index is 187.